The summed E-state index contributed by atoms with van der Waals surface area (Å²) in [5, 5.41) is 0. The molecule has 1 unspecified atom stereocenters. The fraction of sp³-hybridized carbons (Fsp3) is 0.333. The van der Waals surface area contributed by atoms with Crippen LogP contribution in [-0.4, -0.2) is 26.1 Å². The van der Waals surface area contributed by atoms with Gasteiger partial charge in [0.05, 0.1) is 20.3 Å². The van der Waals surface area contributed by atoms with Crippen molar-refractivity contribution < 1.29 is 18.9 Å². The van der Waals surface area contributed by atoms with E-state index in [4.69, 9.17) is 18.9 Å². The minimum Gasteiger partial charge on any atom is -0.497 e. The van der Waals surface area contributed by atoms with Crippen LogP contribution in [0.4, 0.5) is 0 Å². The van der Waals surface area contributed by atoms with Gasteiger partial charge in [-0.1, -0.05) is 42.5 Å². The van der Waals surface area contributed by atoms with Gasteiger partial charge in [0.15, 0.2) is 0 Å². The third kappa shape index (κ3) is 4.07. The quantitative estimate of drug-likeness (QED) is 0.702. The Labute approximate surface area is 130 Å². The molecule has 1 heterocycles. The van der Waals surface area contributed by atoms with Crippen molar-refractivity contribution >= 4 is 0 Å². The molecule has 0 aromatic heterocycles. The fourth-order valence-corrected chi connectivity index (χ4v) is 2.12. The smallest absolute Gasteiger partial charge is 0.216 e. The van der Waals surface area contributed by atoms with Crippen LogP contribution in [0.1, 0.15) is 11.1 Å². The number of rotatable bonds is 8. The predicted octanol–water partition coefficient (Wildman–Crippen LogP) is 3.16. The van der Waals surface area contributed by atoms with Crippen LogP contribution in [0.15, 0.2) is 54.6 Å². The molecule has 1 atom stereocenters. The molecule has 22 heavy (non-hydrogen) atoms. The van der Waals surface area contributed by atoms with Crippen molar-refractivity contribution in [3.8, 4) is 5.75 Å². The van der Waals surface area contributed by atoms with Gasteiger partial charge in [0.1, 0.15) is 19.0 Å². The second kappa shape index (κ2) is 6.92. The summed E-state index contributed by atoms with van der Waals surface area (Å²) in [6, 6.07) is 17.9. The van der Waals surface area contributed by atoms with Gasteiger partial charge in [-0.05, 0) is 23.3 Å². The van der Waals surface area contributed by atoms with Gasteiger partial charge in [-0.3, -0.25) is 0 Å². The summed E-state index contributed by atoms with van der Waals surface area (Å²) in [5.41, 5.74) is 2.23. The largest absolute Gasteiger partial charge is 0.497 e. The van der Waals surface area contributed by atoms with E-state index in [1.807, 2.05) is 54.6 Å². The summed E-state index contributed by atoms with van der Waals surface area (Å²) < 4.78 is 22.1. The zero-order chi connectivity index (χ0) is 15.3. The average Bonchev–Trinajstić information content (AvgIpc) is 3.35. The molecule has 3 rings (SSSR count). The normalized spacial score (nSPS) is 19.9. The van der Waals surface area contributed by atoms with Gasteiger partial charge in [0, 0.05) is 0 Å². The van der Waals surface area contributed by atoms with Crippen LogP contribution < -0.4 is 4.74 Å². The van der Waals surface area contributed by atoms with E-state index >= 15 is 0 Å². The van der Waals surface area contributed by atoms with Gasteiger partial charge in [-0.25, -0.2) is 0 Å². The van der Waals surface area contributed by atoms with Crippen molar-refractivity contribution in [1.82, 2.24) is 0 Å². The van der Waals surface area contributed by atoms with E-state index in [1.54, 1.807) is 7.11 Å². The van der Waals surface area contributed by atoms with Crippen molar-refractivity contribution in [1.29, 1.82) is 0 Å². The van der Waals surface area contributed by atoms with Crippen molar-refractivity contribution in [2.75, 3.05) is 20.3 Å². The molecule has 0 N–H and O–H groups in total. The van der Waals surface area contributed by atoms with E-state index in [-0.39, 0.29) is 0 Å². The molecule has 1 saturated heterocycles. The molecular weight excluding hydrogens is 280 g/mol. The SMILES string of the molecule is COc1ccc(COC2(COCc3ccccc3)CO2)cc1. The Bertz CT molecular complexity index is 576. The van der Waals surface area contributed by atoms with E-state index in [0.717, 1.165) is 16.9 Å². The highest BCUT2D eigenvalue weighted by atomic mass is 16.8. The number of methoxy groups -OCH3 is 1. The summed E-state index contributed by atoms with van der Waals surface area (Å²) in [7, 11) is 1.66. The number of benzene rings is 2. The molecule has 2 aromatic rings. The van der Waals surface area contributed by atoms with Crippen LogP contribution >= 0.6 is 0 Å². The lowest BCUT2D eigenvalue weighted by atomic mass is 10.2. The van der Waals surface area contributed by atoms with Crippen LogP contribution in [0, 0.1) is 0 Å². The molecule has 0 spiro atoms. The molecule has 116 valence electrons. The zero-order valence-electron chi connectivity index (χ0n) is 12.7. The van der Waals surface area contributed by atoms with E-state index in [2.05, 4.69) is 0 Å². The molecule has 1 aliphatic rings. The standard InChI is InChI=1S/C18H20O4/c1-19-17-9-7-16(8-10-17)12-21-18(14-22-18)13-20-11-15-5-3-2-4-6-15/h2-10H,11-14H2,1H3. The first-order chi connectivity index (χ1) is 10.8. The highest BCUT2D eigenvalue weighted by molar-refractivity contribution is 5.26. The van der Waals surface area contributed by atoms with Crippen LogP contribution in [0.5, 0.6) is 5.75 Å². The Balaban J connectivity index is 1.43. The summed E-state index contributed by atoms with van der Waals surface area (Å²) in [6.07, 6.45) is 0. The number of ether oxygens (including phenoxy) is 4. The van der Waals surface area contributed by atoms with Gasteiger partial charge in [-0.2, -0.15) is 0 Å². The van der Waals surface area contributed by atoms with Crippen LogP contribution in [-0.2, 0) is 27.4 Å². The Morgan fingerprint density at radius 3 is 2.27 bits per heavy atom. The molecule has 1 aliphatic heterocycles. The highest BCUT2D eigenvalue weighted by Crippen LogP contribution is 2.30. The molecular formula is C18H20O4. The van der Waals surface area contributed by atoms with Crippen molar-refractivity contribution in [3.63, 3.8) is 0 Å². The molecule has 2 aromatic carbocycles. The maximum atomic E-state index is 5.85. The fourth-order valence-electron chi connectivity index (χ4n) is 2.12. The highest BCUT2D eigenvalue weighted by Gasteiger charge is 2.46. The second-order valence-corrected chi connectivity index (χ2v) is 5.31. The number of hydrogen-bond acceptors (Lipinski definition) is 4. The Morgan fingerprint density at radius 2 is 1.64 bits per heavy atom. The minimum atomic E-state index is -0.575. The summed E-state index contributed by atoms with van der Waals surface area (Å²) in [4.78, 5) is 0. The topological polar surface area (TPSA) is 40.2 Å². The van der Waals surface area contributed by atoms with E-state index in [1.165, 1.54) is 0 Å². The third-order valence-corrected chi connectivity index (χ3v) is 3.56. The predicted molar refractivity (Wildman–Crippen MR) is 82.6 cm³/mol. The molecule has 0 radical (unpaired) electrons. The third-order valence-electron chi connectivity index (χ3n) is 3.56. The maximum absolute atomic E-state index is 5.85. The van der Waals surface area contributed by atoms with Crippen LogP contribution in [0.25, 0.3) is 0 Å². The van der Waals surface area contributed by atoms with Gasteiger partial charge >= 0.3 is 0 Å². The molecule has 4 nitrogen and oxygen atoms in total. The first-order valence-corrected chi connectivity index (χ1v) is 7.32. The Morgan fingerprint density at radius 1 is 0.955 bits per heavy atom. The van der Waals surface area contributed by atoms with Crippen LogP contribution in [0.3, 0.4) is 0 Å². The number of epoxide rings is 1. The number of hydrogen-bond donors (Lipinski definition) is 0. The van der Waals surface area contributed by atoms with Gasteiger partial charge in [-0.15, -0.1) is 0 Å². The van der Waals surface area contributed by atoms with E-state index in [9.17, 15) is 0 Å². The lowest BCUT2D eigenvalue weighted by Crippen LogP contribution is -2.23. The maximum Gasteiger partial charge on any atom is 0.216 e. The lowest BCUT2D eigenvalue weighted by molar-refractivity contribution is -0.105. The molecule has 0 bridgehead atoms. The van der Waals surface area contributed by atoms with E-state index in [0.29, 0.717) is 26.4 Å². The molecule has 1 fully saturated rings. The first kappa shape index (κ1) is 15.0. The second-order valence-electron chi connectivity index (χ2n) is 5.31. The summed E-state index contributed by atoms with van der Waals surface area (Å²) >= 11 is 0. The lowest BCUT2D eigenvalue weighted by Gasteiger charge is -2.14. The zero-order valence-corrected chi connectivity index (χ0v) is 12.7. The monoisotopic (exact) mass is 300 g/mol. The average molecular weight is 300 g/mol. The molecule has 4 heteroatoms. The minimum absolute atomic E-state index is 0.443. The first-order valence-electron chi connectivity index (χ1n) is 7.32. The van der Waals surface area contributed by atoms with Gasteiger partial charge < -0.3 is 18.9 Å². The summed E-state index contributed by atoms with van der Waals surface area (Å²) in [5.74, 6) is 0.265. The van der Waals surface area contributed by atoms with Crippen molar-refractivity contribution in [2.24, 2.45) is 0 Å². The molecule has 0 saturated carbocycles. The van der Waals surface area contributed by atoms with Crippen molar-refractivity contribution in [3.05, 3.63) is 65.7 Å². The summed E-state index contributed by atoms with van der Waals surface area (Å²) in [6.45, 7) is 2.09. The van der Waals surface area contributed by atoms with E-state index < -0.39 is 5.79 Å². The molecule has 0 amide bonds. The molecule has 0 aliphatic carbocycles. The van der Waals surface area contributed by atoms with Gasteiger partial charge in [0.25, 0.3) is 0 Å². The van der Waals surface area contributed by atoms with Crippen molar-refractivity contribution in [2.45, 2.75) is 19.0 Å². The Hall–Kier alpha value is -1.88. The van der Waals surface area contributed by atoms with Crippen LogP contribution in [0.2, 0.25) is 0 Å². The Kier molecular flexibility index (Phi) is 4.73. The van der Waals surface area contributed by atoms with Gasteiger partial charge in [0.2, 0.25) is 5.79 Å².